The molecule has 1 atom stereocenters. The van der Waals surface area contributed by atoms with Crippen LogP contribution in [-0.4, -0.2) is 30.2 Å². The maximum Gasteiger partial charge on any atom is 0.495 e. The van der Waals surface area contributed by atoms with E-state index >= 15 is 0 Å². The topological polar surface area (TPSA) is 40.0 Å². The van der Waals surface area contributed by atoms with Crippen molar-refractivity contribution in [1.29, 1.82) is 0 Å². The zero-order valence-electron chi connectivity index (χ0n) is 18.8. The molecule has 33 heavy (non-hydrogen) atoms. The van der Waals surface area contributed by atoms with E-state index in [2.05, 4.69) is 5.16 Å². The third-order valence-corrected chi connectivity index (χ3v) is 7.06. The number of rotatable bonds is 3. The Morgan fingerprint density at radius 3 is 2.03 bits per heavy atom. The Morgan fingerprint density at radius 2 is 1.52 bits per heavy atom. The molecule has 0 spiro atoms. The summed E-state index contributed by atoms with van der Waals surface area (Å²) in [6.07, 6.45) is -5.26. The normalized spacial score (nSPS) is 24.1. The average molecular weight is 500 g/mol. The Bertz CT molecular complexity index is 1100. The molecule has 2 heterocycles. The van der Waals surface area contributed by atoms with Gasteiger partial charge in [0.2, 0.25) is 0 Å². The number of alkyl halides is 3. The molecular weight excluding hydrogens is 477 g/mol. The van der Waals surface area contributed by atoms with Crippen molar-refractivity contribution >= 4 is 41.5 Å². The molecule has 2 aliphatic heterocycles. The van der Waals surface area contributed by atoms with Crippen LogP contribution in [0.5, 0.6) is 0 Å². The van der Waals surface area contributed by atoms with Gasteiger partial charge in [-0.05, 0) is 63.8 Å². The summed E-state index contributed by atoms with van der Waals surface area (Å²) in [4.78, 5) is 5.09. The summed E-state index contributed by atoms with van der Waals surface area (Å²) in [5, 5.41) is 3.99. The number of oxime groups is 1. The van der Waals surface area contributed by atoms with E-state index < -0.39 is 36.5 Å². The van der Waals surface area contributed by atoms with Gasteiger partial charge in [0.15, 0.2) is 0 Å². The number of benzene rings is 2. The fourth-order valence-corrected chi connectivity index (χ4v) is 4.46. The highest BCUT2D eigenvalue weighted by molar-refractivity contribution is 6.62. The molecule has 0 amide bonds. The molecule has 1 saturated heterocycles. The summed E-state index contributed by atoms with van der Waals surface area (Å²) in [5.74, 6) is 0. The molecule has 0 N–H and O–H groups in total. The summed E-state index contributed by atoms with van der Waals surface area (Å²) in [7, 11) is -0.575. The molecule has 176 valence electrons. The van der Waals surface area contributed by atoms with Crippen LogP contribution < -0.4 is 5.46 Å². The Balaban J connectivity index is 1.64. The molecule has 4 nitrogen and oxygen atoms in total. The lowest BCUT2D eigenvalue weighted by Crippen LogP contribution is -2.42. The summed E-state index contributed by atoms with van der Waals surface area (Å²) in [6.45, 7) is 9.69. The van der Waals surface area contributed by atoms with Crippen LogP contribution in [0.2, 0.25) is 10.0 Å². The SMILES string of the molecule is Cc1cc(C2=NOC(c3cc(Cl)cc(Cl)c3)(C(F)(F)F)C2)ccc1B1OC(C)(C)C(C)(C)O1. The Morgan fingerprint density at radius 1 is 0.939 bits per heavy atom. The van der Waals surface area contributed by atoms with E-state index in [1.807, 2.05) is 34.6 Å². The molecule has 1 unspecified atom stereocenters. The quantitative estimate of drug-likeness (QED) is 0.473. The predicted octanol–water partition coefficient (Wildman–Crippen LogP) is 6.18. The van der Waals surface area contributed by atoms with Crippen molar-refractivity contribution < 1.29 is 27.3 Å². The van der Waals surface area contributed by atoms with E-state index in [0.717, 1.165) is 11.0 Å². The van der Waals surface area contributed by atoms with Crippen LogP contribution in [0.25, 0.3) is 0 Å². The van der Waals surface area contributed by atoms with Crippen molar-refractivity contribution in [1.82, 2.24) is 0 Å². The van der Waals surface area contributed by atoms with Gasteiger partial charge in [-0.15, -0.1) is 0 Å². The third kappa shape index (κ3) is 4.16. The van der Waals surface area contributed by atoms with Crippen LogP contribution in [0.15, 0.2) is 41.6 Å². The van der Waals surface area contributed by atoms with Gasteiger partial charge in [-0.1, -0.05) is 52.1 Å². The van der Waals surface area contributed by atoms with Crippen LogP contribution in [0.4, 0.5) is 13.2 Å². The summed E-state index contributed by atoms with van der Waals surface area (Å²) in [5.41, 5.74) is -1.57. The molecule has 10 heteroatoms. The van der Waals surface area contributed by atoms with Crippen molar-refractivity contribution in [2.45, 2.75) is 64.0 Å². The highest BCUT2D eigenvalue weighted by atomic mass is 35.5. The number of nitrogens with zero attached hydrogens (tertiary/aromatic N) is 1. The summed E-state index contributed by atoms with van der Waals surface area (Å²) >= 11 is 11.9. The first kappa shape index (κ1) is 24.4. The van der Waals surface area contributed by atoms with E-state index in [4.69, 9.17) is 37.3 Å². The van der Waals surface area contributed by atoms with Crippen LogP contribution in [0, 0.1) is 6.92 Å². The minimum atomic E-state index is -4.75. The first-order valence-electron chi connectivity index (χ1n) is 10.4. The lowest BCUT2D eigenvalue weighted by molar-refractivity contribution is -0.275. The fraction of sp³-hybridized carbons (Fsp3) is 0.435. The van der Waals surface area contributed by atoms with Gasteiger partial charge in [-0.3, -0.25) is 0 Å². The molecule has 0 saturated carbocycles. The van der Waals surface area contributed by atoms with E-state index in [1.54, 1.807) is 18.2 Å². The molecule has 2 aromatic rings. The van der Waals surface area contributed by atoms with Gasteiger partial charge in [0, 0.05) is 22.0 Å². The predicted molar refractivity (Wildman–Crippen MR) is 123 cm³/mol. The molecule has 0 aliphatic carbocycles. The zero-order chi connectivity index (χ0) is 24.4. The standard InChI is InChI=1S/C23H23BCl2F3NO3/c1-13-8-14(6-7-18(13)24-31-20(2,3)21(4,5)32-24)19-12-22(33-30-19,23(27,28)29)15-9-16(25)11-17(26)10-15/h6-11H,12H2,1-5H3. The van der Waals surface area contributed by atoms with Crippen molar-refractivity contribution in [3.63, 3.8) is 0 Å². The Hall–Kier alpha value is -1.74. The van der Waals surface area contributed by atoms with Gasteiger partial charge in [0.05, 0.1) is 16.9 Å². The Kier molecular flexibility index (Phi) is 5.84. The second kappa shape index (κ2) is 7.90. The second-order valence-electron chi connectivity index (χ2n) is 9.45. The minimum absolute atomic E-state index is 0.0841. The maximum absolute atomic E-state index is 14.2. The van der Waals surface area contributed by atoms with Crippen LogP contribution >= 0.6 is 23.2 Å². The third-order valence-electron chi connectivity index (χ3n) is 6.63. The maximum atomic E-state index is 14.2. The number of halogens is 5. The average Bonchev–Trinajstić information content (AvgIpc) is 3.20. The van der Waals surface area contributed by atoms with Crippen LogP contribution in [-0.2, 0) is 19.7 Å². The molecule has 2 aliphatic rings. The zero-order valence-corrected chi connectivity index (χ0v) is 20.3. The van der Waals surface area contributed by atoms with Gasteiger partial charge in [0.1, 0.15) is 0 Å². The van der Waals surface area contributed by atoms with Crippen LogP contribution in [0.1, 0.15) is 50.8 Å². The molecule has 0 radical (unpaired) electrons. The second-order valence-corrected chi connectivity index (χ2v) is 10.3. The van der Waals surface area contributed by atoms with Crippen molar-refractivity contribution in [3.8, 4) is 0 Å². The van der Waals surface area contributed by atoms with Crippen molar-refractivity contribution in [3.05, 3.63) is 63.1 Å². The smallest absolute Gasteiger partial charge is 0.399 e. The first-order chi connectivity index (χ1) is 15.2. The molecular formula is C23H23BCl2F3NO3. The van der Waals surface area contributed by atoms with E-state index in [1.165, 1.54) is 18.2 Å². The number of hydrogen-bond donors (Lipinski definition) is 0. The fourth-order valence-electron chi connectivity index (χ4n) is 3.94. The largest absolute Gasteiger partial charge is 0.495 e. The molecule has 4 rings (SSSR count). The highest BCUT2D eigenvalue weighted by Crippen LogP contribution is 2.49. The van der Waals surface area contributed by atoms with Gasteiger partial charge in [0.25, 0.3) is 5.60 Å². The number of hydrogen-bond acceptors (Lipinski definition) is 4. The molecule has 2 aromatic carbocycles. The van der Waals surface area contributed by atoms with Gasteiger partial charge in [-0.25, -0.2) is 0 Å². The molecule has 0 aromatic heterocycles. The Labute approximate surface area is 201 Å². The van der Waals surface area contributed by atoms with Crippen LogP contribution in [0.3, 0.4) is 0 Å². The van der Waals surface area contributed by atoms with E-state index in [0.29, 0.717) is 5.56 Å². The lowest BCUT2D eigenvalue weighted by atomic mass is 9.75. The van der Waals surface area contributed by atoms with E-state index in [-0.39, 0.29) is 21.3 Å². The van der Waals surface area contributed by atoms with Gasteiger partial charge < -0.3 is 14.1 Å². The molecule has 0 bridgehead atoms. The van der Waals surface area contributed by atoms with Gasteiger partial charge in [-0.2, -0.15) is 13.2 Å². The molecule has 1 fully saturated rings. The van der Waals surface area contributed by atoms with Crippen molar-refractivity contribution in [2.75, 3.05) is 0 Å². The lowest BCUT2D eigenvalue weighted by Gasteiger charge is -2.32. The van der Waals surface area contributed by atoms with Crippen molar-refractivity contribution in [2.24, 2.45) is 5.16 Å². The monoisotopic (exact) mass is 499 g/mol. The van der Waals surface area contributed by atoms with Gasteiger partial charge >= 0.3 is 13.3 Å². The minimum Gasteiger partial charge on any atom is -0.399 e. The number of aryl methyl sites for hydroxylation is 1. The van der Waals surface area contributed by atoms with E-state index in [9.17, 15) is 13.2 Å². The summed E-state index contributed by atoms with van der Waals surface area (Å²) < 4.78 is 54.9. The highest BCUT2D eigenvalue weighted by Gasteiger charge is 2.62. The summed E-state index contributed by atoms with van der Waals surface area (Å²) in [6, 6.07) is 9.02. The first-order valence-corrected chi connectivity index (χ1v) is 11.2.